The van der Waals surface area contributed by atoms with Crippen LogP contribution in [0.4, 0.5) is 0 Å². The summed E-state index contributed by atoms with van der Waals surface area (Å²) in [5, 5.41) is 7.92. The number of hydrogen-bond acceptors (Lipinski definition) is 5. The molecule has 7 heteroatoms. The first-order valence-electron chi connectivity index (χ1n) is 7.38. The van der Waals surface area contributed by atoms with Crippen molar-refractivity contribution in [1.82, 2.24) is 15.0 Å². The Morgan fingerprint density at radius 3 is 2.82 bits per heavy atom. The number of aromatic nitrogens is 3. The summed E-state index contributed by atoms with van der Waals surface area (Å²) < 4.78 is 12.6. The van der Waals surface area contributed by atoms with E-state index < -0.39 is 0 Å². The van der Waals surface area contributed by atoms with Crippen LogP contribution in [0, 0.1) is 0 Å². The molecule has 0 saturated carbocycles. The molecule has 0 saturated heterocycles. The molecule has 0 aliphatic rings. The van der Waals surface area contributed by atoms with E-state index in [1.807, 2.05) is 25.4 Å². The maximum Gasteiger partial charge on any atom is 0.308 e. The molecule has 2 rings (SSSR count). The zero-order valence-corrected chi connectivity index (χ0v) is 13.2. The molecule has 2 aromatic rings. The first-order valence-corrected chi connectivity index (χ1v) is 7.38. The zero-order chi connectivity index (χ0) is 15.9. The zero-order valence-electron chi connectivity index (χ0n) is 13.2. The fourth-order valence-corrected chi connectivity index (χ4v) is 2.07. The number of aryl methyl sites for hydroxylation is 2. The van der Waals surface area contributed by atoms with Gasteiger partial charge in [-0.1, -0.05) is 23.2 Å². The molecule has 0 radical (unpaired) electrons. The SMILES string of the molecule is BCc1ccc(OC(C)=O)c(OCCCc2cn(C)nn2)c1. The maximum atomic E-state index is 11.1. The van der Waals surface area contributed by atoms with Gasteiger partial charge in [-0.3, -0.25) is 9.48 Å². The lowest BCUT2D eigenvalue weighted by Crippen LogP contribution is -2.06. The van der Waals surface area contributed by atoms with Crippen LogP contribution < -0.4 is 9.47 Å². The van der Waals surface area contributed by atoms with Crippen molar-refractivity contribution >= 4 is 13.8 Å². The first-order chi connectivity index (χ1) is 10.6. The minimum Gasteiger partial charge on any atom is -0.490 e. The topological polar surface area (TPSA) is 66.2 Å². The normalized spacial score (nSPS) is 10.5. The van der Waals surface area contributed by atoms with Gasteiger partial charge in [0.25, 0.3) is 0 Å². The predicted molar refractivity (Wildman–Crippen MR) is 84.8 cm³/mol. The summed E-state index contributed by atoms with van der Waals surface area (Å²) in [5.41, 5.74) is 2.08. The second kappa shape index (κ2) is 7.63. The average Bonchev–Trinajstić information content (AvgIpc) is 2.90. The molecule has 0 amide bonds. The minimum atomic E-state index is -0.353. The number of ether oxygens (including phenoxy) is 2. The van der Waals surface area contributed by atoms with Gasteiger partial charge in [-0.2, -0.15) is 0 Å². The molecule has 0 bridgehead atoms. The Morgan fingerprint density at radius 1 is 1.36 bits per heavy atom. The molecule has 0 aliphatic carbocycles. The summed E-state index contributed by atoms with van der Waals surface area (Å²) in [5.74, 6) is 0.714. The number of carbonyl (C=O) groups excluding carboxylic acids is 1. The highest BCUT2D eigenvalue weighted by Crippen LogP contribution is 2.28. The van der Waals surface area contributed by atoms with Crippen LogP contribution in [-0.2, 0) is 24.6 Å². The number of hydrogen-bond donors (Lipinski definition) is 0. The van der Waals surface area contributed by atoms with E-state index >= 15 is 0 Å². The highest BCUT2D eigenvalue weighted by atomic mass is 16.6. The third-order valence-corrected chi connectivity index (χ3v) is 3.15. The molecule has 116 valence electrons. The van der Waals surface area contributed by atoms with Gasteiger partial charge in [0.05, 0.1) is 12.3 Å². The van der Waals surface area contributed by atoms with E-state index in [0.717, 1.165) is 30.4 Å². The van der Waals surface area contributed by atoms with E-state index in [1.165, 1.54) is 6.92 Å². The van der Waals surface area contributed by atoms with Crippen LogP contribution in [0.2, 0.25) is 0 Å². The van der Waals surface area contributed by atoms with Crippen molar-refractivity contribution < 1.29 is 14.3 Å². The second-order valence-electron chi connectivity index (χ2n) is 5.06. The molecule has 1 heterocycles. The number of nitrogens with zero attached hydrogens (tertiary/aromatic N) is 3. The third kappa shape index (κ3) is 4.61. The molecule has 0 N–H and O–H groups in total. The molecule has 0 unspecified atom stereocenters. The summed E-state index contributed by atoms with van der Waals surface area (Å²) in [4.78, 5) is 11.1. The van der Waals surface area contributed by atoms with Gasteiger partial charge in [0.2, 0.25) is 0 Å². The van der Waals surface area contributed by atoms with Crippen LogP contribution in [0.25, 0.3) is 0 Å². The Morgan fingerprint density at radius 2 is 2.18 bits per heavy atom. The highest BCUT2D eigenvalue weighted by molar-refractivity contribution is 6.08. The van der Waals surface area contributed by atoms with E-state index in [-0.39, 0.29) is 5.97 Å². The number of esters is 1. The van der Waals surface area contributed by atoms with E-state index in [4.69, 9.17) is 9.47 Å². The Hall–Kier alpha value is -2.31. The predicted octanol–water partition coefficient (Wildman–Crippen LogP) is 0.885. The summed E-state index contributed by atoms with van der Waals surface area (Å²) >= 11 is 0. The molecule has 22 heavy (non-hydrogen) atoms. The third-order valence-electron chi connectivity index (χ3n) is 3.15. The Balaban J connectivity index is 1.93. The van der Waals surface area contributed by atoms with Crippen LogP contribution >= 0.6 is 0 Å². The highest BCUT2D eigenvalue weighted by Gasteiger charge is 2.09. The van der Waals surface area contributed by atoms with Crippen molar-refractivity contribution in [1.29, 1.82) is 0 Å². The molecule has 0 fully saturated rings. The van der Waals surface area contributed by atoms with Gasteiger partial charge in [-0.15, -0.1) is 5.10 Å². The van der Waals surface area contributed by atoms with Gasteiger partial charge in [-0.05, 0) is 25.0 Å². The van der Waals surface area contributed by atoms with Crippen molar-refractivity contribution in [2.24, 2.45) is 7.05 Å². The van der Waals surface area contributed by atoms with Gasteiger partial charge in [-0.25, -0.2) is 0 Å². The summed E-state index contributed by atoms with van der Waals surface area (Å²) in [7, 11) is 3.91. The Labute approximate surface area is 130 Å². The van der Waals surface area contributed by atoms with Crippen LogP contribution in [0.5, 0.6) is 11.5 Å². The van der Waals surface area contributed by atoms with Crippen LogP contribution in [0.1, 0.15) is 24.6 Å². The van der Waals surface area contributed by atoms with E-state index in [2.05, 4.69) is 18.2 Å². The maximum absolute atomic E-state index is 11.1. The van der Waals surface area contributed by atoms with Gasteiger partial charge < -0.3 is 9.47 Å². The monoisotopic (exact) mass is 301 g/mol. The van der Waals surface area contributed by atoms with Crippen molar-refractivity contribution in [2.45, 2.75) is 26.1 Å². The lowest BCUT2D eigenvalue weighted by atomic mass is 9.97. The quantitative estimate of drug-likeness (QED) is 0.329. The van der Waals surface area contributed by atoms with Crippen molar-refractivity contribution in [3.05, 3.63) is 35.7 Å². The van der Waals surface area contributed by atoms with Crippen molar-refractivity contribution in [3.8, 4) is 11.5 Å². The molecular formula is C15H20BN3O3. The number of benzene rings is 1. The fourth-order valence-electron chi connectivity index (χ4n) is 2.07. The first kappa shape index (κ1) is 16.1. The summed E-state index contributed by atoms with van der Waals surface area (Å²) in [6, 6.07) is 5.63. The molecule has 0 atom stereocenters. The van der Waals surface area contributed by atoms with Gasteiger partial charge in [0.15, 0.2) is 11.5 Å². The molecular weight excluding hydrogens is 281 g/mol. The van der Waals surface area contributed by atoms with Crippen LogP contribution in [0.3, 0.4) is 0 Å². The van der Waals surface area contributed by atoms with E-state index in [0.29, 0.717) is 18.1 Å². The van der Waals surface area contributed by atoms with Crippen LogP contribution in [0.15, 0.2) is 24.4 Å². The lowest BCUT2D eigenvalue weighted by molar-refractivity contribution is -0.132. The lowest BCUT2D eigenvalue weighted by Gasteiger charge is -2.12. The van der Waals surface area contributed by atoms with Gasteiger partial charge in [0, 0.05) is 20.2 Å². The molecule has 1 aromatic carbocycles. The Kier molecular flexibility index (Phi) is 5.58. The standard InChI is InChI=1S/C15H20BN3O3/c1-11(20)22-14-6-5-12(9-16)8-15(14)21-7-3-4-13-10-19(2)18-17-13/h5-6,8,10H,3-4,7,9,16H2,1-2H3. The van der Waals surface area contributed by atoms with E-state index in [9.17, 15) is 4.79 Å². The van der Waals surface area contributed by atoms with E-state index in [1.54, 1.807) is 10.7 Å². The molecule has 0 spiro atoms. The van der Waals surface area contributed by atoms with Crippen molar-refractivity contribution in [2.75, 3.05) is 6.61 Å². The van der Waals surface area contributed by atoms with Crippen LogP contribution in [-0.4, -0.2) is 35.4 Å². The van der Waals surface area contributed by atoms with Gasteiger partial charge >= 0.3 is 5.97 Å². The Bertz CT molecular complexity index is 643. The largest absolute Gasteiger partial charge is 0.490 e. The number of carbonyl (C=O) groups is 1. The summed E-state index contributed by atoms with van der Waals surface area (Å²) in [6.45, 7) is 1.91. The number of rotatable bonds is 7. The molecule has 0 aliphatic heterocycles. The fraction of sp³-hybridized carbons (Fsp3) is 0.400. The molecule has 1 aromatic heterocycles. The minimum absolute atomic E-state index is 0.353. The average molecular weight is 301 g/mol. The summed E-state index contributed by atoms with van der Waals surface area (Å²) in [6.07, 6.45) is 4.40. The van der Waals surface area contributed by atoms with Crippen molar-refractivity contribution in [3.63, 3.8) is 0 Å². The second-order valence-corrected chi connectivity index (χ2v) is 5.06. The molecule has 6 nitrogen and oxygen atoms in total. The smallest absolute Gasteiger partial charge is 0.308 e. The van der Waals surface area contributed by atoms with Gasteiger partial charge in [0.1, 0.15) is 7.85 Å².